The molecule has 3 heterocycles. The fraction of sp³-hybridized carbons (Fsp3) is 0.250. The molecule has 0 radical (unpaired) electrons. The Morgan fingerprint density at radius 1 is 1.09 bits per heavy atom. The van der Waals surface area contributed by atoms with Crippen LogP contribution in [0.15, 0.2) is 55.0 Å². The number of nitrogens with one attached hydrogen (secondary N) is 1. The summed E-state index contributed by atoms with van der Waals surface area (Å²) in [6, 6.07) is 9.60. The lowest BCUT2D eigenvalue weighted by molar-refractivity contribution is 0.102. The van der Waals surface area contributed by atoms with Crippen LogP contribution in [-0.2, 0) is 0 Å². The Bertz CT molecular complexity index is 1280. The fourth-order valence-corrected chi connectivity index (χ4v) is 4.40. The van der Waals surface area contributed by atoms with Crippen molar-refractivity contribution < 1.29 is 9.18 Å². The highest BCUT2D eigenvalue weighted by Crippen LogP contribution is 2.36. The topological polar surface area (TPSA) is 98.2 Å². The van der Waals surface area contributed by atoms with E-state index in [1.165, 1.54) is 31.4 Å². The lowest BCUT2D eigenvalue weighted by Gasteiger charge is -2.20. The predicted molar refractivity (Wildman–Crippen MR) is 121 cm³/mol. The highest BCUT2D eigenvalue weighted by molar-refractivity contribution is 6.04. The van der Waals surface area contributed by atoms with Gasteiger partial charge in [-0.05, 0) is 37.1 Å². The van der Waals surface area contributed by atoms with Crippen molar-refractivity contribution >= 4 is 23.1 Å². The number of hydrogen-bond donors (Lipinski definition) is 2. The van der Waals surface area contributed by atoms with Gasteiger partial charge in [-0.15, -0.1) is 0 Å². The van der Waals surface area contributed by atoms with Gasteiger partial charge in [0, 0.05) is 30.1 Å². The Hall–Kier alpha value is -3.81. The standard InChI is InChI=1S/C24H23FN6O/c25-18-14-16(9-10-17(18)24(32)29-19-8-4-5-11-27-19)20-21-22(26)28-12-13-31(21)23(30-20)15-6-2-1-3-7-15/h4-5,8-15H,1-3,6-7H2,(H2,26,28)(H,27,29,32). The minimum atomic E-state index is -0.640. The summed E-state index contributed by atoms with van der Waals surface area (Å²) >= 11 is 0. The number of rotatable bonds is 4. The summed E-state index contributed by atoms with van der Waals surface area (Å²) in [5.41, 5.74) is 7.93. The molecule has 162 valence electrons. The molecule has 3 N–H and O–H groups in total. The number of nitrogens with two attached hydrogens (primary N) is 1. The van der Waals surface area contributed by atoms with Gasteiger partial charge in [0.25, 0.3) is 5.91 Å². The van der Waals surface area contributed by atoms with E-state index in [0.29, 0.717) is 34.3 Å². The number of amides is 1. The van der Waals surface area contributed by atoms with Gasteiger partial charge in [0.1, 0.15) is 34.5 Å². The summed E-state index contributed by atoms with van der Waals surface area (Å²) in [5.74, 6) is 0.762. The number of fused-ring (bicyclic) bond motifs is 1. The van der Waals surface area contributed by atoms with Crippen LogP contribution in [0.25, 0.3) is 16.8 Å². The van der Waals surface area contributed by atoms with Crippen LogP contribution < -0.4 is 11.1 Å². The maximum absolute atomic E-state index is 15.0. The van der Waals surface area contributed by atoms with Crippen LogP contribution >= 0.6 is 0 Å². The molecular formula is C24H23FN6O. The Labute approximate surface area is 184 Å². The number of nitrogen functional groups attached to an aromatic ring is 1. The summed E-state index contributed by atoms with van der Waals surface area (Å²) in [7, 11) is 0. The molecule has 32 heavy (non-hydrogen) atoms. The van der Waals surface area contributed by atoms with Crippen molar-refractivity contribution in [3.8, 4) is 11.3 Å². The van der Waals surface area contributed by atoms with Crippen molar-refractivity contribution in [2.24, 2.45) is 0 Å². The minimum absolute atomic E-state index is 0.0680. The van der Waals surface area contributed by atoms with Gasteiger partial charge in [-0.25, -0.2) is 19.3 Å². The zero-order chi connectivity index (χ0) is 22.1. The molecule has 0 aliphatic heterocycles. The predicted octanol–water partition coefficient (Wildman–Crippen LogP) is 4.81. The van der Waals surface area contributed by atoms with Gasteiger partial charge in [-0.1, -0.05) is 31.4 Å². The molecule has 4 aromatic rings. The third-order valence-corrected chi connectivity index (χ3v) is 5.97. The van der Waals surface area contributed by atoms with Gasteiger partial charge >= 0.3 is 0 Å². The summed E-state index contributed by atoms with van der Waals surface area (Å²) in [6.45, 7) is 0. The molecule has 0 atom stereocenters. The molecule has 1 amide bonds. The summed E-state index contributed by atoms with van der Waals surface area (Å²) in [4.78, 5) is 25.7. The highest BCUT2D eigenvalue weighted by Gasteiger charge is 2.24. The molecule has 1 saturated carbocycles. The quantitative estimate of drug-likeness (QED) is 0.484. The van der Waals surface area contributed by atoms with Crippen molar-refractivity contribution in [3.63, 3.8) is 0 Å². The molecule has 1 aliphatic rings. The van der Waals surface area contributed by atoms with E-state index in [1.54, 1.807) is 36.7 Å². The van der Waals surface area contributed by atoms with Crippen LogP contribution in [0.1, 0.15) is 54.2 Å². The second-order valence-corrected chi connectivity index (χ2v) is 8.05. The summed E-state index contributed by atoms with van der Waals surface area (Å²) < 4.78 is 17.0. The molecule has 1 aliphatic carbocycles. The number of hydrogen-bond acceptors (Lipinski definition) is 5. The van der Waals surface area contributed by atoms with Crippen molar-refractivity contribution in [2.45, 2.75) is 38.0 Å². The molecule has 5 rings (SSSR count). The van der Waals surface area contributed by atoms with E-state index in [9.17, 15) is 9.18 Å². The van der Waals surface area contributed by atoms with E-state index in [1.807, 2.05) is 10.6 Å². The number of anilines is 2. The van der Waals surface area contributed by atoms with Crippen LogP contribution in [0, 0.1) is 5.82 Å². The summed E-state index contributed by atoms with van der Waals surface area (Å²) in [5, 5.41) is 2.60. The number of benzene rings is 1. The first-order chi connectivity index (χ1) is 15.6. The first-order valence-corrected chi connectivity index (χ1v) is 10.8. The molecule has 1 fully saturated rings. The molecule has 8 heteroatoms. The van der Waals surface area contributed by atoms with E-state index in [0.717, 1.165) is 18.7 Å². The fourth-order valence-electron chi connectivity index (χ4n) is 4.40. The zero-order valence-electron chi connectivity index (χ0n) is 17.5. The third kappa shape index (κ3) is 3.68. The van der Waals surface area contributed by atoms with Gasteiger partial charge in [0.2, 0.25) is 0 Å². The second kappa shape index (κ2) is 8.37. The van der Waals surface area contributed by atoms with Crippen molar-refractivity contribution in [1.29, 1.82) is 0 Å². The number of imidazole rings is 1. The van der Waals surface area contributed by atoms with Crippen molar-refractivity contribution in [3.05, 3.63) is 72.2 Å². The average molecular weight is 430 g/mol. The molecule has 7 nitrogen and oxygen atoms in total. The highest BCUT2D eigenvalue weighted by atomic mass is 19.1. The lowest BCUT2D eigenvalue weighted by atomic mass is 9.89. The van der Waals surface area contributed by atoms with E-state index in [-0.39, 0.29) is 5.56 Å². The number of nitrogens with zero attached hydrogens (tertiary/aromatic N) is 4. The molecule has 3 aromatic heterocycles. The first kappa shape index (κ1) is 20.1. The van der Waals surface area contributed by atoms with E-state index in [2.05, 4.69) is 15.3 Å². The molecule has 0 bridgehead atoms. The molecule has 0 spiro atoms. The molecule has 0 saturated heterocycles. The zero-order valence-corrected chi connectivity index (χ0v) is 17.5. The molecule has 1 aromatic carbocycles. The Morgan fingerprint density at radius 3 is 2.69 bits per heavy atom. The molecule has 0 unspecified atom stereocenters. The SMILES string of the molecule is Nc1nccn2c(C3CCCCC3)nc(-c3ccc(C(=O)Nc4ccccn4)c(F)c3)c12. The van der Waals surface area contributed by atoms with Gasteiger partial charge in [0.05, 0.1) is 5.56 Å². The Morgan fingerprint density at radius 2 is 1.94 bits per heavy atom. The van der Waals surface area contributed by atoms with Crippen LogP contribution in [-0.4, -0.2) is 25.3 Å². The van der Waals surface area contributed by atoms with Gasteiger partial charge in [0.15, 0.2) is 0 Å². The van der Waals surface area contributed by atoms with Crippen molar-refractivity contribution in [1.82, 2.24) is 19.4 Å². The van der Waals surface area contributed by atoms with E-state index in [4.69, 9.17) is 10.7 Å². The van der Waals surface area contributed by atoms with E-state index < -0.39 is 11.7 Å². The number of carbonyl (C=O) groups is 1. The Balaban J connectivity index is 1.53. The number of halogens is 1. The van der Waals surface area contributed by atoms with Crippen molar-refractivity contribution in [2.75, 3.05) is 11.1 Å². The minimum Gasteiger partial charge on any atom is -0.382 e. The number of pyridine rings is 1. The van der Waals surface area contributed by atoms with Crippen LogP contribution in [0.4, 0.5) is 16.0 Å². The maximum Gasteiger partial charge on any atom is 0.259 e. The van der Waals surface area contributed by atoms with Crippen LogP contribution in [0.2, 0.25) is 0 Å². The smallest absolute Gasteiger partial charge is 0.259 e. The normalized spacial score (nSPS) is 14.5. The maximum atomic E-state index is 15.0. The number of aromatic nitrogens is 4. The number of carbonyl (C=O) groups excluding carboxylic acids is 1. The monoisotopic (exact) mass is 430 g/mol. The van der Waals surface area contributed by atoms with Crippen LogP contribution in [0.5, 0.6) is 0 Å². The van der Waals surface area contributed by atoms with E-state index >= 15 is 0 Å². The Kier molecular flexibility index (Phi) is 5.26. The lowest BCUT2D eigenvalue weighted by Crippen LogP contribution is -2.14. The van der Waals surface area contributed by atoms with Gasteiger partial charge in [-0.2, -0.15) is 0 Å². The second-order valence-electron chi connectivity index (χ2n) is 8.05. The average Bonchev–Trinajstić information content (AvgIpc) is 3.21. The third-order valence-electron chi connectivity index (χ3n) is 5.97. The summed E-state index contributed by atoms with van der Waals surface area (Å²) in [6.07, 6.45) is 10.8. The van der Waals surface area contributed by atoms with Gasteiger partial charge in [-0.3, -0.25) is 9.20 Å². The van der Waals surface area contributed by atoms with Crippen LogP contribution in [0.3, 0.4) is 0 Å². The first-order valence-electron chi connectivity index (χ1n) is 10.8. The molecular weight excluding hydrogens is 407 g/mol. The van der Waals surface area contributed by atoms with Gasteiger partial charge < -0.3 is 11.1 Å². The largest absolute Gasteiger partial charge is 0.382 e.